The van der Waals surface area contributed by atoms with Crippen molar-refractivity contribution >= 4 is 31.9 Å². The van der Waals surface area contributed by atoms with Crippen LogP contribution in [0.4, 0.5) is 0 Å². The summed E-state index contributed by atoms with van der Waals surface area (Å²) in [6, 6.07) is 0. The number of halogens is 2. The zero-order valence-corrected chi connectivity index (χ0v) is 7.54. The number of hydrogen-bond acceptors (Lipinski definition) is 1. The van der Waals surface area contributed by atoms with E-state index in [1.807, 2.05) is 6.92 Å². The summed E-state index contributed by atoms with van der Waals surface area (Å²) < 4.78 is 4.77. The Hall–Kier alpha value is 0.920. The van der Waals surface area contributed by atoms with E-state index in [0.29, 0.717) is 0 Å². The lowest BCUT2D eigenvalue weighted by atomic mass is 10.5. The van der Waals surface area contributed by atoms with Crippen LogP contribution in [0.2, 0.25) is 0 Å². The second-order valence-corrected chi connectivity index (χ2v) is 3.68. The largest absolute Gasteiger partial charge is 0.366 e. The van der Waals surface area contributed by atoms with Gasteiger partial charge in [0.05, 0.1) is 0 Å². The van der Waals surface area contributed by atoms with Gasteiger partial charge in [0.1, 0.15) is 4.51 Å². The Kier molecular flexibility index (Phi) is 3.45. The molecule has 0 heterocycles. The molecule has 1 atom stereocenters. The minimum absolute atomic E-state index is 0.188. The first-order valence-corrected chi connectivity index (χ1v) is 3.84. The molecule has 3 heteroatoms. The van der Waals surface area contributed by atoms with Crippen LogP contribution in [0.1, 0.15) is 6.92 Å². The number of methoxy groups -OCH3 is 1. The van der Waals surface area contributed by atoms with Gasteiger partial charge in [0, 0.05) is 12.4 Å². The molecule has 0 amide bonds. The van der Waals surface area contributed by atoms with Gasteiger partial charge in [-0.05, 0) is 6.92 Å². The van der Waals surface area contributed by atoms with Crippen molar-refractivity contribution < 1.29 is 4.74 Å². The minimum Gasteiger partial charge on any atom is -0.366 e. The summed E-state index contributed by atoms with van der Waals surface area (Å²) in [5.74, 6) is 0. The molecule has 0 rings (SSSR count). The van der Waals surface area contributed by atoms with Crippen molar-refractivity contribution in [1.82, 2.24) is 0 Å². The smallest absolute Gasteiger partial charge is 0.129 e. The van der Waals surface area contributed by atoms with Gasteiger partial charge in [0.25, 0.3) is 0 Å². The van der Waals surface area contributed by atoms with E-state index in [1.165, 1.54) is 0 Å². The van der Waals surface area contributed by atoms with Crippen molar-refractivity contribution in [2.45, 2.75) is 11.4 Å². The molecule has 0 aliphatic heterocycles. The Morgan fingerprint density at radius 2 is 2.14 bits per heavy atom. The van der Waals surface area contributed by atoms with Gasteiger partial charge in [-0.3, -0.25) is 0 Å². The molecule has 0 radical (unpaired) electrons. The first kappa shape index (κ1) is 7.92. The topological polar surface area (TPSA) is 9.23 Å². The quantitative estimate of drug-likeness (QED) is 0.662. The first-order valence-electron chi connectivity index (χ1n) is 1.92. The molecule has 44 valence electrons. The summed E-state index contributed by atoms with van der Waals surface area (Å²) in [5, 5.41) is 0.802. The van der Waals surface area contributed by atoms with Crippen molar-refractivity contribution in [2.75, 3.05) is 12.4 Å². The second-order valence-electron chi connectivity index (χ2n) is 1.44. The maximum absolute atomic E-state index is 4.96. The number of hydrogen-bond donors (Lipinski definition) is 0. The summed E-state index contributed by atoms with van der Waals surface area (Å²) in [4.78, 5) is 0. The highest BCUT2D eigenvalue weighted by Crippen LogP contribution is 2.19. The number of ether oxygens (including phenoxy) is 1. The second kappa shape index (κ2) is 3.05. The van der Waals surface area contributed by atoms with Gasteiger partial charge in [-0.15, -0.1) is 0 Å². The van der Waals surface area contributed by atoms with Crippen LogP contribution < -0.4 is 0 Å². The van der Waals surface area contributed by atoms with Crippen LogP contribution in [-0.2, 0) is 4.74 Å². The Morgan fingerprint density at radius 3 is 2.14 bits per heavy atom. The summed E-state index contributed by atoms with van der Waals surface area (Å²) in [5.41, 5.74) is 0. The van der Waals surface area contributed by atoms with Crippen LogP contribution in [0.25, 0.3) is 0 Å². The molecule has 0 spiro atoms. The van der Waals surface area contributed by atoms with Gasteiger partial charge in [0.15, 0.2) is 0 Å². The monoisotopic (exact) mass is 230 g/mol. The third-order valence-electron chi connectivity index (χ3n) is 0.664. The molecule has 0 fully saturated rings. The van der Waals surface area contributed by atoms with E-state index >= 15 is 0 Å². The molecule has 0 bridgehead atoms. The van der Waals surface area contributed by atoms with Crippen LogP contribution >= 0.6 is 31.9 Å². The Bertz CT molecular complexity index is 47.7. The fourth-order valence-corrected chi connectivity index (χ4v) is 0.283. The third kappa shape index (κ3) is 3.50. The van der Waals surface area contributed by atoms with Crippen LogP contribution in [-0.4, -0.2) is 17.0 Å². The van der Waals surface area contributed by atoms with Gasteiger partial charge < -0.3 is 4.74 Å². The molecule has 0 saturated heterocycles. The Labute approximate surface area is 60.7 Å². The highest BCUT2D eigenvalue weighted by Gasteiger charge is 2.15. The lowest BCUT2D eigenvalue weighted by molar-refractivity contribution is 0.115. The van der Waals surface area contributed by atoms with Crippen molar-refractivity contribution in [3.63, 3.8) is 0 Å². The van der Waals surface area contributed by atoms with Crippen molar-refractivity contribution in [3.8, 4) is 0 Å². The van der Waals surface area contributed by atoms with Crippen LogP contribution in [0.3, 0.4) is 0 Å². The predicted molar refractivity (Wildman–Crippen MR) is 38.1 cm³/mol. The normalized spacial score (nSPS) is 18.9. The SMILES string of the molecule is COC(C)(Br)CBr. The van der Waals surface area contributed by atoms with E-state index in [-0.39, 0.29) is 4.51 Å². The number of rotatable bonds is 2. The van der Waals surface area contributed by atoms with E-state index in [0.717, 1.165) is 5.33 Å². The van der Waals surface area contributed by atoms with Gasteiger partial charge in [0.2, 0.25) is 0 Å². The fourth-order valence-electron chi connectivity index (χ4n) is 0.0546. The van der Waals surface area contributed by atoms with E-state index in [4.69, 9.17) is 4.74 Å². The van der Waals surface area contributed by atoms with Crippen LogP contribution in [0.5, 0.6) is 0 Å². The molecule has 0 aromatic carbocycles. The van der Waals surface area contributed by atoms with E-state index in [9.17, 15) is 0 Å². The Balaban J connectivity index is 3.36. The maximum Gasteiger partial charge on any atom is 0.129 e. The standard InChI is InChI=1S/C4H8Br2O/c1-4(6,3-5)7-2/h3H2,1-2H3. The molecule has 0 saturated carbocycles. The molecule has 0 N–H and O–H groups in total. The fraction of sp³-hybridized carbons (Fsp3) is 1.00. The van der Waals surface area contributed by atoms with Gasteiger partial charge in [-0.25, -0.2) is 0 Å². The third-order valence-corrected chi connectivity index (χ3v) is 3.09. The Morgan fingerprint density at radius 1 is 1.71 bits per heavy atom. The summed E-state index contributed by atoms with van der Waals surface area (Å²) in [7, 11) is 1.66. The molecule has 1 unspecified atom stereocenters. The molecule has 7 heavy (non-hydrogen) atoms. The molecule has 0 aromatic heterocycles. The summed E-state index contributed by atoms with van der Waals surface area (Å²) in [6.07, 6.45) is 0. The minimum atomic E-state index is -0.188. The van der Waals surface area contributed by atoms with E-state index in [1.54, 1.807) is 7.11 Å². The maximum atomic E-state index is 4.96. The molecular formula is C4H8Br2O. The first-order chi connectivity index (χ1) is 3.12. The highest BCUT2D eigenvalue weighted by molar-refractivity contribution is 9.12. The summed E-state index contributed by atoms with van der Waals surface area (Å²) in [6.45, 7) is 1.95. The summed E-state index contributed by atoms with van der Waals surface area (Å²) >= 11 is 6.57. The van der Waals surface area contributed by atoms with Gasteiger partial charge in [-0.1, -0.05) is 31.9 Å². The lowest BCUT2D eigenvalue weighted by Crippen LogP contribution is -2.19. The lowest BCUT2D eigenvalue weighted by Gasteiger charge is -2.15. The van der Waals surface area contributed by atoms with Crippen LogP contribution in [0, 0.1) is 0 Å². The molecule has 0 aliphatic rings. The zero-order chi connectivity index (χ0) is 5.91. The predicted octanol–water partition coefficient (Wildman–Crippen LogP) is 2.14. The van der Waals surface area contributed by atoms with Gasteiger partial charge in [-0.2, -0.15) is 0 Å². The average Bonchev–Trinajstić information content (AvgIpc) is 1.68. The van der Waals surface area contributed by atoms with E-state index < -0.39 is 0 Å². The highest BCUT2D eigenvalue weighted by atomic mass is 79.9. The van der Waals surface area contributed by atoms with E-state index in [2.05, 4.69) is 31.9 Å². The average molecular weight is 232 g/mol. The van der Waals surface area contributed by atoms with Crippen molar-refractivity contribution in [2.24, 2.45) is 0 Å². The molecule has 1 nitrogen and oxygen atoms in total. The molecular weight excluding hydrogens is 224 g/mol. The van der Waals surface area contributed by atoms with Crippen molar-refractivity contribution in [1.29, 1.82) is 0 Å². The number of alkyl halides is 2. The zero-order valence-electron chi connectivity index (χ0n) is 4.37. The van der Waals surface area contributed by atoms with Crippen molar-refractivity contribution in [3.05, 3.63) is 0 Å². The molecule has 0 aromatic rings. The molecule has 0 aliphatic carbocycles. The van der Waals surface area contributed by atoms with Crippen LogP contribution in [0.15, 0.2) is 0 Å². The van der Waals surface area contributed by atoms with Gasteiger partial charge >= 0.3 is 0 Å².